The first-order valence-electron chi connectivity index (χ1n) is 14.6. The van der Waals surface area contributed by atoms with Crippen LogP contribution in [0, 0.1) is 18.8 Å². The van der Waals surface area contributed by atoms with Gasteiger partial charge in [0, 0.05) is 57.1 Å². The number of anilines is 1. The minimum Gasteiger partial charge on any atom is -0.372 e. The average molecular weight is 574 g/mol. The molecule has 2 heterocycles. The quantitative estimate of drug-likeness (QED) is 0.472. The van der Waals surface area contributed by atoms with Crippen molar-refractivity contribution in [2.75, 3.05) is 45.2 Å². The Labute approximate surface area is 241 Å². The van der Waals surface area contributed by atoms with Crippen LogP contribution >= 0.6 is 0 Å². The molecule has 0 saturated carbocycles. The highest BCUT2D eigenvalue weighted by molar-refractivity contribution is 5.95. The van der Waals surface area contributed by atoms with E-state index in [1.807, 2.05) is 26.0 Å². The number of halogens is 3. The molecule has 2 aliphatic heterocycles. The second-order valence-corrected chi connectivity index (χ2v) is 11.9. The summed E-state index contributed by atoms with van der Waals surface area (Å²) >= 11 is 0. The molecule has 0 radical (unpaired) electrons. The van der Waals surface area contributed by atoms with E-state index in [1.54, 1.807) is 25.1 Å². The van der Waals surface area contributed by atoms with Crippen molar-refractivity contribution in [2.45, 2.75) is 64.1 Å². The van der Waals surface area contributed by atoms with Crippen molar-refractivity contribution in [1.29, 1.82) is 0 Å². The maximum absolute atomic E-state index is 14.2. The van der Waals surface area contributed by atoms with Crippen molar-refractivity contribution < 1.29 is 27.9 Å². The minimum atomic E-state index is -5.12. The Morgan fingerprint density at radius 2 is 1.56 bits per heavy atom. The van der Waals surface area contributed by atoms with Gasteiger partial charge in [0.15, 0.2) is 0 Å². The lowest BCUT2D eigenvalue weighted by Gasteiger charge is -2.40. The summed E-state index contributed by atoms with van der Waals surface area (Å²) in [4.78, 5) is 30.7. The summed E-state index contributed by atoms with van der Waals surface area (Å²) in [5, 5.41) is 10.8. The van der Waals surface area contributed by atoms with Crippen LogP contribution in [-0.2, 0) is 16.8 Å². The number of nitrogens with zero attached hydrogens (tertiary/aromatic N) is 3. The lowest BCUT2D eigenvalue weighted by atomic mass is 9.82. The van der Waals surface area contributed by atoms with Crippen molar-refractivity contribution >= 4 is 17.5 Å². The number of aliphatic hydroxyl groups is 1. The van der Waals surface area contributed by atoms with Crippen LogP contribution in [0.5, 0.6) is 0 Å². The number of hydrogen-bond acceptors (Lipinski definition) is 4. The molecule has 2 aromatic rings. The summed E-state index contributed by atoms with van der Waals surface area (Å²) in [6.07, 6.45) is -0.305. The smallest absolute Gasteiger partial charge is 0.372 e. The molecule has 2 fully saturated rings. The van der Waals surface area contributed by atoms with Crippen LogP contribution in [0.1, 0.15) is 66.1 Å². The molecule has 1 unspecified atom stereocenters. The van der Waals surface area contributed by atoms with Crippen LogP contribution in [0.4, 0.5) is 18.9 Å². The zero-order valence-corrected chi connectivity index (χ0v) is 24.5. The second kappa shape index (κ2) is 12.4. The molecule has 224 valence electrons. The number of carbonyl (C=O) groups excluding carboxylic acids is 2. The van der Waals surface area contributed by atoms with E-state index in [0.717, 1.165) is 43.6 Å². The molecule has 9 heteroatoms. The normalized spacial score (nSPS) is 18.7. The predicted molar refractivity (Wildman–Crippen MR) is 154 cm³/mol. The van der Waals surface area contributed by atoms with Gasteiger partial charge in [-0.15, -0.1) is 0 Å². The van der Waals surface area contributed by atoms with Crippen molar-refractivity contribution in [1.82, 2.24) is 9.80 Å². The molecular formula is C32H42F3N3O3. The molecule has 0 spiro atoms. The van der Waals surface area contributed by atoms with Crippen LogP contribution in [0.25, 0.3) is 0 Å². The number of piperidine rings is 2. The molecule has 0 bridgehead atoms. The Hall–Kier alpha value is -3.07. The summed E-state index contributed by atoms with van der Waals surface area (Å²) in [7, 11) is 3.49. The molecule has 4 rings (SSSR count). The molecule has 0 aliphatic carbocycles. The SMILES string of the molecule is CCc1cccc(C(O)(C(=O)N2CCC(CC3CCN(c4ccc(C(=O)N(C)C)c(C)c4)CC3)CC2)C(F)(F)F)c1. The Balaban J connectivity index is 1.31. The zero-order chi connectivity index (χ0) is 29.9. The Bertz CT molecular complexity index is 1230. The first-order valence-corrected chi connectivity index (χ1v) is 14.6. The molecule has 41 heavy (non-hydrogen) atoms. The van der Waals surface area contributed by atoms with E-state index in [0.29, 0.717) is 42.2 Å². The highest BCUT2D eigenvalue weighted by atomic mass is 19.4. The van der Waals surface area contributed by atoms with Crippen LogP contribution in [0.3, 0.4) is 0 Å². The van der Waals surface area contributed by atoms with Gasteiger partial charge in [-0.25, -0.2) is 0 Å². The van der Waals surface area contributed by atoms with Crippen molar-refractivity contribution in [3.63, 3.8) is 0 Å². The lowest BCUT2D eigenvalue weighted by Crippen LogP contribution is -2.57. The number of benzene rings is 2. The topological polar surface area (TPSA) is 64.1 Å². The fraction of sp³-hybridized carbons (Fsp3) is 0.562. The van der Waals surface area contributed by atoms with Gasteiger partial charge in [-0.3, -0.25) is 9.59 Å². The van der Waals surface area contributed by atoms with Crippen LogP contribution in [0.15, 0.2) is 42.5 Å². The summed E-state index contributed by atoms with van der Waals surface area (Å²) in [5.41, 5.74) is -0.549. The van der Waals surface area contributed by atoms with Gasteiger partial charge in [-0.2, -0.15) is 13.2 Å². The van der Waals surface area contributed by atoms with Gasteiger partial charge in [-0.1, -0.05) is 31.2 Å². The molecule has 2 aromatic carbocycles. The van der Waals surface area contributed by atoms with Gasteiger partial charge >= 0.3 is 6.18 Å². The third-order valence-corrected chi connectivity index (χ3v) is 8.87. The number of carbonyl (C=O) groups is 2. The molecule has 0 aromatic heterocycles. The summed E-state index contributed by atoms with van der Waals surface area (Å²) in [6.45, 7) is 6.03. The first-order chi connectivity index (χ1) is 19.3. The number of rotatable bonds is 7. The van der Waals surface area contributed by atoms with Gasteiger partial charge in [0.25, 0.3) is 17.4 Å². The van der Waals surface area contributed by atoms with E-state index in [1.165, 1.54) is 23.1 Å². The van der Waals surface area contributed by atoms with E-state index >= 15 is 0 Å². The molecule has 2 amide bonds. The highest BCUT2D eigenvalue weighted by Gasteiger charge is 2.62. The maximum atomic E-state index is 14.2. The average Bonchev–Trinajstić information content (AvgIpc) is 2.96. The zero-order valence-electron chi connectivity index (χ0n) is 24.5. The summed E-state index contributed by atoms with van der Waals surface area (Å²) in [6, 6.07) is 11.6. The van der Waals surface area contributed by atoms with Crippen LogP contribution < -0.4 is 4.90 Å². The Morgan fingerprint density at radius 3 is 2.10 bits per heavy atom. The molecular weight excluding hydrogens is 531 g/mol. The van der Waals surface area contributed by atoms with Crippen LogP contribution in [0.2, 0.25) is 0 Å². The van der Waals surface area contributed by atoms with E-state index in [2.05, 4.69) is 11.0 Å². The molecule has 1 atom stereocenters. The summed E-state index contributed by atoms with van der Waals surface area (Å²) in [5.74, 6) is -0.414. The van der Waals surface area contributed by atoms with Gasteiger partial charge in [0.1, 0.15) is 0 Å². The van der Waals surface area contributed by atoms with Gasteiger partial charge < -0.3 is 19.8 Å². The number of hydrogen-bond donors (Lipinski definition) is 1. The molecule has 1 N–H and O–H groups in total. The van der Waals surface area contributed by atoms with Crippen molar-refractivity contribution in [3.8, 4) is 0 Å². The first kappa shape index (κ1) is 30.9. The maximum Gasteiger partial charge on any atom is 0.430 e. The monoisotopic (exact) mass is 573 g/mol. The molecule has 2 saturated heterocycles. The number of aryl methyl sites for hydroxylation is 2. The molecule has 2 aliphatic rings. The third-order valence-electron chi connectivity index (χ3n) is 8.87. The van der Waals surface area contributed by atoms with Crippen molar-refractivity contribution in [2.24, 2.45) is 11.8 Å². The molecule has 6 nitrogen and oxygen atoms in total. The Kier molecular flexibility index (Phi) is 9.36. The standard InChI is InChI=1S/C32H42F3N3O3/c1-5-23-7-6-8-26(21-23)31(41,32(33,34)35)30(40)38-17-13-25(14-18-38)20-24-11-15-37(16-12-24)27-9-10-28(22(2)19-27)29(39)36(3)4/h6-10,19,21,24-25,41H,5,11-18,20H2,1-4H3. The Morgan fingerprint density at radius 1 is 0.951 bits per heavy atom. The third kappa shape index (κ3) is 6.55. The van der Waals surface area contributed by atoms with E-state index in [4.69, 9.17) is 0 Å². The fourth-order valence-electron chi connectivity index (χ4n) is 6.25. The second-order valence-electron chi connectivity index (χ2n) is 11.9. The van der Waals surface area contributed by atoms with Gasteiger partial charge in [0.2, 0.25) is 0 Å². The highest BCUT2D eigenvalue weighted by Crippen LogP contribution is 2.42. The number of amides is 2. The van der Waals surface area contributed by atoms with E-state index in [9.17, 15) is 27.9 Å². The number of likely N-dealkylation sites (tertiary alicyclic amines) is 1. The van der Waals surface area contributed by atoms with Crippen molar-refractivity contribution in [3.05, 3.63) is 64.7 Å². The number of alkyl halides is 3. The largest absolute Gasteiger partial charge is 0.430 e. The van der Waals surface area contributed by atoms with E-state index < -0.39 is 23.2 Å². The van der Waals surface area contributed by atoms with Crippen LogP contribution in [-0.4, -0.2) is 73.2 Å². The summed E-state index contributed by atoms with van der Waals surface area (Å²) < 4.78 is 42.5. The van der Waals surface area contributed by atoms with Gasteiger partial charge in [-0.05, 0) is 86.6 Å². The minimum absolute atomic E-state index is 0.00529. The lowest BCUT2D eigenvalue weighted by molar-refractivity contribution is -0.262. The predicted octanol–water partition coefficient (Wildman–Crippen LogP) is 5.55. The fourth-order valence-corrected chi connectivity index (χ4v) is 6.25. The van der Waals surface area contributed by atoms with E-state index in [-0.39, 0.29) is 19.0 Å². The van der Waals surface area contributed by atoms with Gasteiger partial charge in [0.05, 0.1) is 0 Å².